The van der Waals surface area contributed by atoms with Crippen molar-refractivity contribution in [2.45, 2.75) is 30.8 Å². The molecule has 1 aromatic rings. The van der Waals surface area contributed by atoms with E-state index >= 15 is 0 Å². The molecular weight excluding hydrogens is 218 g/mol. The van der Waals surface area contributed by atoms with Crippen molar-refractivity contribution in [3.63, 3.8) is 0 Å². The highest BCUT2D eigenvalue weighted by molar-refractivity contribution is 7.09. The molecule has 0 bridgehead atoms. The van der Waals surface area contributed by atoms with E-state index in [0.717, 1.165) is 11.0 Å². The molecule has 15 heavy (non-hydrogen) atoms. The number of halogens is 2. The SMILES string of the molecule is OC1(Cc2cccs2)C=CC(F)(F)CC1. The molecule has 1 aliphatic rings. The molecule has 1 unspecified atom stereocenters. The molecule has 1 heterocycles. The smallest absolute Gasteiger partial charge is 0.266 e. The van der Waals surface area contributed by atoms with Crippen LogP contribution in [0.2, 0.25) is 0 Å². The van der Waals surface area contributed by atoms with Crippen LogP contribution in [0.25, 0.3) is 0 Å². The highest BCUT2D eigenvalue weighted by Gasteiger charge is 2.37. The Labute approximate surface area is 91.1 Å². The summed E-state index contributed by atoms with van der Waals surface area (Å²) in [4.78, 5) is 1.02. The predicted molar refractivity (Wildman–Crippen MR) is 56.3 cm³/mol. The van der Waals surface area contributed by atoms with Crippen molar-refractivity contribution in [2.75, 3.05) is 0 Å². The van der Waals surface area contributed by atoms with Gasteiger partial charge in [-0.1, -0.05) is 12.1 Å². The normalized spacial score (nSPS) is 29.3. The maximum atomic E-state index is 12.8. The number of thiophene rings is 1. The maximum absolute atomic E-state index is 12.8. The molecule has 4 heteroatoms. The van der Waals surface area contributed by atoms with E-state index in [1.54, 1.807) is 0 Å². The summed E-state index contributed by atoms with van der Waals surface area (Å²) in [6.45, 7) is 0. The van der Waals surface area contributed by atoms with E-state index in [-0.39, 0.29) is 12.8 Å². The van der Waals surface area contributed by atoms with Gasteiger partial charge in [0.25, 0.3) is 5.92 Å². The first-order chi connectivity index (χ1) is 6.99. The number of rotatable bonds is 2. The van der Waals surface area contributed by atoms with E-state index in [1.807, 2.05) is 17.5 Å². The quantitative estimate of drug-likeness (QED) is 0.774. The molecule has 0 aromatic carbocycles. The fourth-order valence-electron chi connectivity index (χ4n) is 1.69. The Balaban J connectivity index is 2.09. The fourth-order valence-corrected chi connectivity index (χ4v) is 2.51. The highest BCUT2D eigenvalue weighted by atomic mass is 32.1. The van der Waals surface area contributed by atoms with Gasteiger partial charge in [0.2, 0.25) is 0 Å². The highest BCUT2D eigenvalue weighted by Crippen LogP contribution is 2.35. The molecule has 82 valence electrons. The Morgan fingerprint density at radius 3 is 2.67 bits per heavy atom. The van der Waals surface area contributed by atoms with Crippen LogP contribution in [0.1, 0.15) is 17.7 Å². The second-order valence-electron chi connectivity index (χ2n) is 3.95. The lowest BCUT2D eigenvalue weighted by molar-refractivity contribution is -0.0111. The molecule has 2 rings (SSSR count). The van der Waals surface area contributed by atoms with Gasteiger partial charge in [0.1, 0.15) is 0 Å². The molecule has 0 fully saturated rings. The minimum absolute atomic E-state index is 0.119. The molecular formula is C11H12F2OS. The summed E-state index contributed by atoms with van der Waals surface area (Å²) in [5.74, 6) is -2.75. The van der Waals surface area contributed by atoms with Crippen LogP contribution in [-0.2, 0) is 6.42 Å². The van der Waals surface area contributed by atoms with Gasteiger partial charge in [0, 0.05) is 17.7 Å². The van der Waals surface area contributed by atoms with Gasteiger partial charge in [0.15, 0.2) is 0 Å². The van der Waals surface area contributed by atoms with Gasteiger partial charge >= 0.3 is 0 Å². The fraction of sp³-hybridized carbons (Fsp3) is 0.455. The van der Waals surface area contributed by atoms with Crippen molar-refractivity contribution in [3.8, 4) is 0 Å². The van der Waals surface area contributed by atoms with Crippen molar-refractivity contribution in [3.05, 3.63) is 34.5 Å². The van der Waals surface area contributed by atoms with Gasteiger partial charge in [-0.2, -0.15) is 0 Å². The first-order valence-electron chi connectivity index (χ1n) is 4.82. The Morgan fingerprint density at radius 2 is 2.13 bits per heavy atom. The molecule has 0 saturated carbocycles. The lowest BCUT2D eigenvalue weighted by Gasteiger charge is -2.30. The standard InChI is InChI=1S/C11H12F2OS/c12-11(13)5-3-10(14,4-6-11)8-9-2-1-7-15-9/h1-3,5,7,14H,4,6,8H2. The van der Waals surface area contributed by atoms with Gasteiger partial charge in [-0.15, -0.1) is 11.3 Å². The first kappa shape index (κ1) is 10.8. The van der Waals surface area contributed by atoms with Crippen molar-refractivity contribution in [1.82, 2.24) is 0 Å². The Bertz CT molecular complexity index is 359. The summed E-state index contributed by atoms with van der Waals surface area (Å²) < 4.78 is 25.7. The van der Waals surface area contributed by atoms with Crippen LogP contribution in [0.15, 0.2) is 29.7 Å². The van der Waals surface area contributed by atoms with Crippen LogP contribution in [0.4, 0.5) is 8.78 Å². The third-order valence-corrected chi connectivity index (χ3v) is 3.47. The van der Waals surface area contributed by atoms with Gasteiger partial charge in [-0.05, 0) is 23.9 Å². The average Bonchev–Trinajstić information content (AvgIpc) is 2.64. The lowest BCUT2D eigenvalue weighted by Crippen LogP contribution is -2.35. The Morgan fingerprint density at radius 1 is 1.33 bits per heavy atom. The largest absolute Gasteiger partial charge is 0.385 e. The summed E-state index contributed by atoms with van der Waals surface area (Å²) in [6, 6.07) is 3.80. The van der Waals surface area contributed by atoms with E-state index in [4.69, 9.17) is 0 Å². The minimum atomic E-state index is -2.75. The molecule has 1 atom stereocenters. The minimum Gasteiger partial charge on any atom is -0.385 e. The zero-order valence-electron chi connectivity index (χ0n) is 8.12. The topological polar surface area (TPSA) is 20.2 Å². The molecule has 1 aliphatic carbocycles. The van der Waals surface area contributed by atoms with E-state index in [1.165, 1.54) is 17.4 Å². The van der Waals surface area contributed by atoms with E-state index in [2.05, 4.69) is 0 Å². The van der Waals surface area contributed by atoms with Crippen LogP contribution < -0.4 is 0 Å². The van der Waals surface area contributed by atoms with E-state index in [0.29, 0.717) is 6.42 Å². The maximum Gasteiger partial charge on any atom is 0.266 e. The lowest BCUT2D eigenvalue weighted by atomic mass is 9.86. The second-order valence-corrected chi connectivity index (χ2v) is 4.99. The molecule has 0 amide bonds. The predicted octanol–water partition coefficient (Wildman–Crippen LogP) is 3.01. The zero-order chi connectivity index (χ0) is 10.9. The van der Waals surface area contributed by atoms with Crippen LogP contribution in [0, 0.1) is 0 Å². The molecule has 0 spiro atoms. The summed E-state index contributed by atoms with van der Waals surface area (Å²) >= 11 is 1.53. The van der Waals surface area contributed by atoms with E-state index in [9.17, 15) is 13.9 Å². The van der Waals surface area contributed by atoms with Gasteiger partial charge in [-0.3, -0.25) is 0 Å². The second kappa shape index (κ2) is 3.68. The zero-order valence-corrected chi connectivity index (χ0v) is 8.94. The Kier molecular flexibility index (Phi) is 2.64. The molecule has 0 saturated heterocycles. The summed E-state index contributed by atoms with van der Waals surface area (Å²) in [5, 5.41) is 12.0. The molecule has 0 radical (unpaired) electrons. The number of hydrogen-bond donors (Lipinski definition) is 1. The van der Waals surface area contributed by atoms with Crippen LogP contribution in [0.3, 0.4) is 0 Å². The number of alkyl halides is 2. The third-order valence-electron chi connectivity index (χ3n) is 2.59. The third kappa shape index (κ3) is 2.63. The number of hydrogen-bond acceptors (Lipinski definition) is 2. The van der Waals surface area contributed by atoms with Crippen LogP contribution >= 0.6 is 11.3 Å². The molecule has 1 nitrogen and oxygen atoms in total. The monoisotopic (exact) mass is 230 g/mol. The van der Waals surface area contributed by atoms with E-state index < -0.39 is 11.5 Å². The summed E-state index contributed by atoms with van der Waals surface area (Å²) in [7, 11) is 0. The van der Waals surface area contributed by atoms with Gasteiger partial charge in [-0.25, -0.2) is 8.78 Å². The van der Waals surface area contributed by atoms with Crippen molar-refractivity contribution in [1.29, 1.82) is 0 Å². The number of aliphatic hydroxyl groups is 1. The van der Waals surface area contributed by atoms with Gasteiger partial charge < -0.3 is 5.11 Å². The molecule has 1 N–H and O–H groups in total. The first-order valence-corrected chi connectivity index (χ1v) is 5.70. The summed E-state index contributed by atoms with van der Waals surface area (Å²) in [5.41, 5.74) is -1.09. The average molecular weight is 230 g/mol. The van der Waals surface area contributed by atoms with Gasteiger partial charge in [0.05, 0.1) is 5.60 Å². The van der Waals surface area contributed by atoms with Crippen molar-refractivity contribution >= 4 is 11.3 Å². The van der Waals surface area contributed by atoms with Crippen LogP contribution in [-0.4, -0.2) is 16.6 Å². The number of allylic oxidation sites excluding steroid dienone is 1. The van der Waals surface area contributed by atoms with Crippen molar-refractivity contribution in [2.24, 2.45) is 0 Å². The molecule has 1 aromatic heterocycles. The van der Waals surface area contributed by atoms with Crippen molar-refractivity contribution < 1.29 is 13.9 Å². The summed E-state index contributed by atoms with van der Waals surface area (Å²) in [6.07, 6.45) is 2.34. The van der Waals surface area contributed by atoms with Crippen LogP contribution in [0.5, 0.6) is 0 Å². The Hall–Kier alpha value is -0.740. The molecule has 0 aliphatic heterocycles.